The van der Waals surface area contributed by atoms with Crippen LogP contribution in [0.5, 0.6) is 5.75 Å². The average molecular weight is 280 g/mol. The number of hydrogen-bond donors (Lipinski definition) is 2. The number of hydrogen-bond acceptors (Lipinski definition) is 2. The molecule has 0 saturated heterocycles. The van der Waals surface area contributed by atoms with Gasteiger partial charge in [-0.25, -0.2) is 0 Å². The Morgan fingerprint density at radius 1 is 1.31 bits per heavy atom. The predicted molar refractivity (Wildman–Crippen MR) is 70.8 cm³/mol. The van der Waals surface area contributed by atoms with E-state index >= 15 is 0 Å². The molecule has 0 bridgehead atoms. The molecule has 0 fully saturated rings. The minimum Gasteiger partial charge on any atom is -0.508 e. The number of benzene rings is 2. The summed E-state index contributed by atoms with van der Waals surface area (Å²) >= 11 is 3.44. The van der Waals surface area contributed by atoms with Gasteiger partial charge in [0.2, 0.25) is 0 Å². The maximum Gasteiger partial charge on any atom is 0.119 e. The lowest BCUT2D eigenvalue weighted by Crippen LogP contribution is -2.09. The molecule has 0 saturated carbocycles. The van der Waals surface area contributed by atoms with Gasteiger partial charge in [0.05, 0.1) is 0 Å². The minimum atomic E-state index is 0.157. The minimum absolute atomic E-state index is 0.157. The first-order valence-corrected chi connectivity index (χ1v) is 6.04. The highest BCUT2D eigenvalue weighted by Gasteiger charge is 2.12. The highest BCUT2D eigenvalue weighted by Crippen LogP contribution is 2.34. The van der Waals surface area contributed by atoms with Crippen LogP contribution < -0.4 is 5.73 Å². The van der Waals surface area contributed by atoms with E-state index in [1.165, 1.54) is 0 Å². The van der Waals surface area contributed by atoms with E-state index in [4.69, 9.17) is 5.73 Å². The lowest BCUT2D eigenvalue weighted by atomic mass is 9.94. The molecule has 84 valence electrons. The fourth-order valence-electron chi connectivity index (χ4n) is 1.95. The molecule has 0 aliphatic heterocycles. The monoisotopic (exact) mass is 279 g/mol. The second-order valence-electron chi connectivity index (χ2n) is 4.00. The summed E-state index contributed by atoms with van der Waals surface area (Å²) in [6, 6.07) is 9.69. The van der Waals surface area contributed by atoms with Crippen molar-refractivity contribution in [3.63, 3.8) is 0 Å². The lowest BCUT2D eigenvalue weighted by molar-refractivity contribution is 0.465. The number of rotatable bonds is 2. The Kier molecular flexibility index (Phi) is 3.17. The topological polar surface area (TPSA) is 46.2 Å². The standard InChI is InChI=1S/C13H14BrNO/c1-8(7-15)13-11-4-3-10(14)6-9(11)2-5-12(13)16/h2-6,8,16H,7,15H2,1H3. The van der Waals surface area contributed by atoms with Gasteiger partial charge in [-0.15, -0.1) is 0 Å². The van der Waals surface area contributed by atoms with Crippen molar-refractivity contribution in [1.82, 2.24) is 0 Å². The van der Waals surface area contributed by atoms with E-state index in [-0.39, 0.29) is 5.92 Å². The van der Waals surface area contributed by atoms with Gasteiger partial charge in [-0.1, -0.05) is 35.0 Å². The molecule has 2 aromatic carbocycles. The maximum atomic E-state index is 9.91. The molecule has 2 aromatic rings. The van der Waals surface area contributed by atoms with Crippen molar-refractivity contribution in [1.29, 1.82) is 0 Å². The molecule has 0 spiro atoms. The summed E-state index contributed by atoms with van der Waals surface area (Å²) in [5.41, 5.74) is 6.61. The van der Waals surface area contributed by atoms with Gasteiger partial charge in [0.15, 0.2) is 0 Å². The third-order valence-electron chi connectivity index (χ3n) is 2.85. The van der Waals surface area contributed by atoms with E-state index in [1.807, 2.05) is 31.2 Å². The van der Waals surface area contributed by atoms with Crippen molar-refractivity contribution >= 4 is 26.7 Å². The quantitative estimate of drug-likeness (QED) is 0.886. The third kappa shape index (κ3) is 1.93. The van der Waals surface area contributed by atoms with Crippen molar-refractivity contribution in [2.24, 2.45) is 5.73 Å². The second-order valence-corrected chi connectivity index (χ2v) is 4.92. The molecule has 0 aliphatic rings. The largest absolute Gasteiger partial charge is 0.508 e. The molecule has 2 nitrogen and oxygen atoms in total. The maximum absolute atomic E-state index is 9.91. The average Bonchev–Trinajstić information content (AvgIpc) is 2.28. The van der Waals surface area contributed by atoms with Crippen molar-refractivity contribution < 1.29 is 5.11 Å². The van der Waals surface area contributed by atoms with Crippen molar-refractivity contribution in [3.05, 3.63) is 40.4 Å². The van der Waals surface area contributed by atoms with Gasteiger partial charge in [0.1, 0.15) is 5.75 Å². The van der Waals surface area contributed by atoms with Crippen molar-refractivity contribution in [2.75, 3.05) is 6.54 Å². The molecule has 3 heteroatoms. The molecule has 0 radical (unpaired) electrons. The van der Waals surface area contributed by atoms with E-state index < -0.39 is 0 Å². The van der Waals surface area contributed by atoms with Gasteiger partial charge in [-0.2, -0.15) is 0 Å². The molecular weight excluding hydrogens is 266 g/mol. The van der Waals surface area contributed by atoms with E-state index in [2.05, 4.69) is 15.9 Å². The molecular formula is C13H14BrNO. The van der Waals surface area contributed by atoms with Crippen LogP contribution in [-0.2, 0) is 0 Å². The summed E-state index contributed by atoms with van der Waals surface area (Å²) in [4.78, 5) is 0. The zero-order valence-electron chi connectivity index (χ0n) is 9.07. The third-order valence-corrected chi connectivity index (χ3v) is 3.34. The first kappa shape index (κ1) is 11.4. The number of fused-ring (bicyclic) bond motifs is 1. The van der Waals surface area contributed by atoms with Gasteiger partial charge in [0, 0.05) is 10.0 Å². The van der Waals surface area contributed by atoms with Gasteiger partial charge in [0.25, 0.3) is 0 Å². The normalized spacial score (nSPS) is 12.9. The fourth-order valence-corrected chi connectivity index (χ4v) is 2.33. The van der Waals surface area contributed by atoms with Crippen LogP contribution in [0.25, 0.3) is 10.8 Å². The summed E-state index contributed by atoms with van der Waals surface area (Å²) in [6.07, 6.45) is 0. The number of phenolic OH excluding ortho intramolecular Hbond substituents is 1. The molecule has 1 atom stereocenters. The van der Waals surface area contributed by atoms with E-state index in [1.54, 1.807) is 6.07 Å². The Morgan fingerprint density at radius 3 is 2.75 bits per heavy atom. The zero-order chi connectivity index (χ0) is 11.7. The van der Waals surface area contributed by atoms with Gasteiger partial charge < -0.3 is 10.8 Å². The molecule has 3 N–H and O–H groups in total. The molecule has 1 unspecified atom stereocenters. The molecule has 2 rings (SSSR count). The first-order valence-electron chi connectivity index (χ1n) is 5.24. The highest BCUT2D eigenvalue weighted by molar-refractivity contribution is 9.10. The van der Waals surface area contributed by atoms with Crippen LogP contribution in [0.15, 0.2) is 34.8 Å². The van der Waals surface area contributed by atoms with Gasteiger partial charge in [-0.3, -0.25) is 0 Å². The Balaban J connectivity index is 2.74. The van der Waals surface area contributed by atoms with Gasteiger partial charge in [-0.05, 0) is 41.4 Å². The lowest BCUT2D eigenvalue weighted by Gasteiger charge is -2.14. The van der Waals surface area contributed by atoms with Crippen LogP contribution >= 0.6 is 15.9 Å². The summed E-state index contributed by atoms with van der Waals surface area (Å²) in [7, 11) is 0. The molecule has 0 aromatic heterocycles. The Bertz CT molecular complexity index is 525. The van der Waals surface area contributed by atoms with Crippen molar-refractivity contribution in [2.45, 2.75) is 12.8 Å². The second kappa shape index (κ2) is 4.44. The van der Waals surface area contributed by atoms with Crippen LogP contribution in [0, 0.1) is 0 Å². The van der Waals surface area contributed by atoms with Crippen LogP contribution in [0.3, 0.4) is 0 Å². The SMILES string of the molecule is CC(CN)c1c(O)ccc2cc(Br)ccc12. The van der Waals surface area contributed by atoms with Crippen LogP contribution in [0.2, 0.25) is 0 Å². The van der Waals surface area contributed by atoms with E-state index in [9.17, 15) is 5.11 Å². The summed E-state index contributed by atoms with van der Waals surface area (Å²) < 4.78 is 1.04. The molecule has 0 aliphatic carbocycles. The van der Waals surface area contributed by atoms with E-state index in [0.717, 1.165) is 20.8 Å². The predicted octanol–water partition coefficient (Wildman–Crippen LogP) is 3.37. The Morgan fingerprint density at radius 2 is 2.06 bits per heavy atom. The highest BCUT2D eigenvalue weighted by atomic mass is 79.9. The van der Waals surface area contributed by atoms with Gasteiger partial charge >= 0.3 is 0 Å². The summed E-state index contributed by atoms with van der Waals surface area (Å²) in [5.74, 6) is 0.484. The molecule has 0 heterocycles. The number of nitrogens with two attached hydrogens (primary N) is 1. The fraction of sp³-hybridized carbons (Fsp3) is 0.231. The zero-order valence-corrected chi connectivity index (χ0v) is 10.7. The number of halogens is 1. The molecule has 16 heavy (non-hydrogen) atoms. The van der Waals surface area contributed by atoms with E-state index in [0.29, 0.717) is 12.3 Å². The smallest absolute Gasteiger partial charge is 0.119 e. The Hall–Kier alpha value is -1.06. The summed E-state index contributed by atoms with van der Waals surface area (Å²) in [6.45, 7) is 2.55. The number of phenols is 1. The van der Waals surface area contributed by atoms with Crippen LogP contribution in [-0.4, -0.2) is 11.7 Å². The Labute approximate surface area is 103 Å². The van der Waals surface area contributed by atoms with Crippen LogP contribution in [0.1, 0.15) is 18.4 Å². The first-order chi connectivity index (χ1) is 7.63. The molecule has 0 amide bonds. The number of aromatic hydroxyl groups is 1. The van der Waals surface area contributed by atoms with Crippen LogP contribution in [0.4, 0.5) is 0 Å². The van der Waals surface area contributed by atoms with Crippen molar-refractivity contribution in [3.8, 4) is 5.75 Å². The summed E-state index contributed by atoms with van der Waals surface area (Å²) in [5, 5.41) is 12.1.